The van der Waals surface area contributed by atoms with E-state index in [1.54, 1.807) is 41.8 Å². The summed E-state index contributed by atoms with van der Waals surface area (Å²) >= 11 is 1.57. The van der Waals surface area contributed by atoms with E-state index in [2.05, 4.69) is 40.2 Å². The average Bonchev–Trinajstić information content (AvgIpc) is 3.47. The van der Waals surface area contributed by atoms with E-state index >= 15 is 0 Å². The van der Waals surface area contributed by atoms with Crippen molar-refractivity contribution in [1.82, 2.24) is 4.90 Å². The Kier molecular flexibility index (Phi) is 6.09. The summed E-state index contributed by atoms with van der Waals surface area (Å²) in [6.45, 7) is 2.62. The molecule has 0 fully saturated rings. The predicted octanol–water partition coefficient (Wildman–Crippen LogP) is 5.89. The average molecular weight is 468 g/mol. The first-order valence-corrected chi connectivity index (χ1v) is 11.7. The van der Waals surface area contributed by atoms with Gasteiger partial charge in [0.1, 0.15) is 22.6 Å². The van der Waals surface area contributed by atoms with Gasteiger partial charge in [-0.05, 0) is 41.8 Å². The van der Waals surface area contributed by atoms with Gasteiger partial charge in [-0.3, -0.25) is 4.90 Å². The van der Waals surface area contributed by atoms with E-state index in [4.69, 9.17) is 9.52 Å². The van der Waals surface area contributed by atoms with Crippen LogP contribution in [0.1, 0.15) is 37.7 Å². The summed E-state index contributed by atoms with van der Waals surface area (Å²) in [5.74, 6) is 0.230. The molecule has 0 atom stereocenters. The number of rotatable bonds is 6. The monoisotopic (exact) mass is 467 g/mol. The van der Waals surface area contributed by atoms with E-state index < -0.39 is 5.97 Å². The van der Waals surface area contributed by atoms with Gasteiger partial charge in [0.05, 0.1) is 17.3 Å². The Morgan fingerprint density at radius 2 is 1.94 bits per heavy atom. The van der Waals surface area contributed by atoms with Crippen LogP contribution in [0.25, 0.3) is 11.3 Å². The largest absolute Gasteiger partial charge is 0.478 e. The van der Waals surface area contributed by atoms with Crippen molar-refractivity contribution >= 4 is 28.5 Å². The standard InChI is InChI=1S/C27H21N3O3S/c28-14-23-22-12-13-30(16-18-4-2-1-3-5-18)17-25(22)34-26(23)29-15-21-10-11-24(33-21)19-6-8-20(9-7-19)27(31)32/h1-11,15H,12-13,16-17H2,(H,31,32). The van der Waals surface area contributed by atoms with Crippen molar-refractivity contribution in [3.8, 4) is 17.4 Å². The fourth-order valence-corrected chi connectivity index (χ4v) is 5.29. The van der Waals surface area contributed by atoms with Gasteiger partial charge in [0.25, 0.3) is 0 Å². The molecule has 7 heteroatoms. The minimum atomic E-state index is -0.964. The lowest BCUT2D eigenvalue weighted by Crippen LogP contribution is -2.29. The number of hydrogen-bond acceptors (Lipinski definition) is 6. The number of hydrogen-bond donors (Lipinski definition) is 1. The number of fused-ring (bicyclic) bond motifs is 1. The highest BCUT2D eigenvalue weighted by Crippen LogP contribution is 2.38. The molecular formula is C27H21N3O3S. The molecule has 6 nitrogen and oxygen atoms in total. The van der Waals surface area contributed by atoms with Crippen molar-refractivity contribution in [2.24, 2.45) is 4.99 Å². The second-order valence-corrected chi connectivity index (χ2v) is 9.17. The quantitative estimate of drug-likeness (QED) is 0.357. The first-order chi connectivity index (χ1) is 16.6. The molecule has 0 radical (unpaired) electrons. The topological polar surface area (TPSA) is 89.8 Å². The zero-order valence-electron chi connectivity index (χ0n) is 18.3. The van der Waals surface area contributed by atoms with Crippen molar-refractivity contribution in [2.75, 3.05) is 6.54 Å². The van der Waals surface area contributed by atoms with Gasteiger partial charge < -0.3 is 9.52 Å². The van der Waals surface area contributed by atoms with Crippen LogP contribution in [0.15, 0.2) is 76.1 Å². The first-order valence-electron chi connectivity index (χ1n) is 10.9. The molecule has 1 aliphatic heterocycles. The lowest BCUT2D eigenvalue weighted by molar-refractivity contribution is 0.0697. The summed E-state index contributed by atoms with van der Waals surface area (Å²) in [6, 6.07) is 22.9. The van der Waals surface area contributed by atoms with Gasteiger partial charge in [-0.25, -0.2) is 9.79 Å². The summed E-state index contributed by atoms with van der Waals surface area (Å²) in [5.41, 5.74) is 4.07. The first kappa shape index (κ1) is 21.8. The van der Waals surface area contributed by atoms with Crippen LogP contribution < -0.4 is 0 Å². The fraction of sp³-hybridized carbons (Fsp3) is 0.148. The van der Waals surface area contributed by atoms with Gasteiger partial charge >= 0.3 is 5.97 Å². The molecule has 168 valence electrons. The molecule has 1 aliphatic rings. The minimum Gasteiger partial charge on any atom is -0.478 e. The Balaban J connectivity index is 1.32. The molecule has 5 rings (SSSR count). The van der Waals surface area contributed by atoms with Crippen LogP contribution in [0.2, 0.25) is 0 Å². The highest BCUT2D eigenvalue weighted by Gasteiger charge is 2.24. The summed E-state index contributed by atoms with van der Waals surface area (Å²) in [5, 5.41) is 19.5. The van der Waals surface area contributed by atoms with E-state index in [0.29, 0.717) is 22.1 Å². The van der Waals surface area contributed by atoms with Gasteiger partial charge in [-0.15, -0.1) is 11.3 Å². The molecule has 0 spiro atoms. The fourth-order valence-electron chi connectivity index (χ4n) is 4.10. The van der Waals surface area contributed by atoms with E-state index in [0.717, 1.165) is 37.2 Å². The van der Waals surface area contributed by atoms with Crippen LogP contribution in [0.4, 0.5) is 5.00 Å². The maximum Gasteiger partial charge on any atom is 0.335 e. The van der Waals surface area contributed by atoms with Gasteiger partial charge in [0.2, 0.25) is 0 Å². The summed E-state index contributed by atoms with van der Waals surface area (Å²) in [7, 11) is 0. The summed E-state index contributed by atoms with van der Waals surface area (Å²) in [6.07, 6.45) is 2.48. The molecule has 4 aromatic rings. The van der Waals surface area contributed by atoms with E-state index in [1.807, 2.05) is 18.2 Å². The normalized spacial score (nSPS) is 13.6. The third-order valence-electron chi connectivity index (χ3n) is 5.83. The third kappa shape index (κ3) is 4.55. The number of carboxylic acid groups (broad SMARTS) is 1. The molecule has 2 aromatic carbocycles. The van der Waals surface area contributed by atoms with Crippen molar-refractivity contribution < 1.29 is 14.3 Å². The maximum atomic E-state index is 11.0. The Morgan fingerprint density at radius 1 is 1.15 bits per heavy atom. The van der Waals surface area contributed by atoms with E-state index in [9.17, 15) is 10.1 Å². The smallest absolute Gasteiger partial charge is 0.335 e. The molecule has 1 N–H and O–H groups in total. The second kappa shape index (κ2) is 9.48. The SMILES string of the molecule is N#Cc1c(N=Cc2ccc(-c3ccc(C(=O)O)cc3)o2)sc2c1CCN(Cc1ccccc1)C2. The number of aromatic carboxylic acids is 1. The van der Waals surface area contributed by atoms with Crippen LogP contribution in [0, 0.1) is 11.3 Å². The number of benzene rings is 2. The summed E-state index contributed by atoms with van der Waals surface area (Å²) in [4.78, 5) is 19.2. The predicted molar refractivity (Wildman–Crippen MR) is 132 cm³/mol. The number of carbonyl (C=O) groups is 1. The Labute approximate surface area is 201 Å². The lowest BCUT2D eigenvalue weighted by atomic mass is 10.0. The number of aliphatic imine (C=N–C) groups is 1. The minimum absolute atomic E-state index is 0.227. The molecule has 0 saturated heterocycles. The van der Waals surface area contributed by atoms with E-state index in [-0.39, 0.29) is 5.56 Å². The Morgan fingerprint density at radius 3 is 2.68 bits per heavy atom. The lowest BCUT2D eigenvalue weighted by Gasteiger charge is -2.26. The highest BCUT2D eigenvalue weighted by atomic mass is 32.1. The number of furan rings is 1. The van der Waals surface area contributed by atoms with Crippen LogP contribution in [-0.4, -0.2) is 28.7 Å². The Hall–Kier alpha value is -3.99. The third-order valence-corrected chi connectivity index (χ3v) is 6.96. The van der Waals surface area contributed by atoms with Crippen LogP contribution >= 0.6 is 11.3 Å². The number of nitrogens with zero attached hydrogens (tertiary/aromatic N) is 3. The maximum absolute atomic E-state index is 11.0. The molecule has 0 bridgehead atoms. The van der Waals surface area contributed by atoms with Crippen LogP contribution in [-0.2, 0) is 19.5 Å². The molecule has 2 aromatic heterocycles. The Bertz CT molecular complexity index is 1400. The molecule has 0 saturated carbocycles. The van der Waals surface area contributed by atoms with Gasteiger partial charge in [0.15, 0.2) is 0 Å². The van der Waals surface area contributed by atoms with Gasteiger partial charge in [0, 0.05) is 30.1 Å². The van der Waals surface area contributed by atoms with Gasteiger partial charge in [-0.2, -0.15) is 5.26 Å². The van der Waals surface area contributed by atoms with Crippen LogP contribution in [0.3, 0.4) is 0 Å². The van der Waals surface area contributed by atoms with Crippen molar-refractivity contribution in [2.45, 2.75) is 19.5 Å². The molecular weight excluding hydrogens is 446 g/mol. The van der Waals surface area contributed by atoms with Gasteiger partial charge in [-0.1, -0.05) is 42.5 Å². The molecule has 0 amide bonds. The number of nitriles is 1. The van der Waals surface area contributed by atoms with Crippen molar-refractivity contribution in [3.05, 3.63) is 99.6 Å². The number of carboxylic acids is 1. The zero-order chi connectivity index (χ0) is 23.5. The summed E-state index contributed by atoms with van der Waals surface area (Å²) < 4.78 is 5.87. The molecule has 34 heavy (non-hydrogen) atoms. The number of thiophene rings is 1. The van der Waals surface area contributed by atoms with Crippen molar-refractivity contribution in [3.63, 3.8) is 0 Å². The molecule has 0 unspecified atom stereocenters. The van der Waals surface area contributed by atoms with Crippen molar-refractivity contribution in [1.29, 1.82) is 5.26 Å². The second-order valence-electron chi connectivity index (χ2n) is 8.08. The highest BCUT2D eigenvalue weighted by molar-refractivity contribution is 7.16. The van der Waals surface area contributed by atoms with Crippen LogP contribution in [0.5, 0.6) is 0 Å². The molecule has 0 aliphatic carbocycles. The molecule has 3 heterocycles. The van der Waals surface area contributed by atoms with E-state index in [1.165, 1.54) is 10.4 Å². The zero-order valence-corrected chi connectivity index (χ0v) is 19.1.